The second-order valence-corrected chi connectivity index (χ2v) is 5.57. The smallest absolute Gasteiger partial charge is 0.240 e. The molecule has 0 aliphatic carbocycles. The van der Waals surface area contributed by atoms with Crippen LogP contribution >= 0.6 is 11.6 Å². The van der Waals surface area contributed by atoms with Gasteiger partial charge in [-0.25, -0.2) is 0 Å². The van der Waals surface area contributed by atoms with Crippen molar-refractivity contribution < 1.29 is 4.79 Å². The van der Waals surface area contributed by atoms with Crippen LogP contribution in [0.4, 0.5) is 0 Å². The third kappa shape index (κ3) is 2.69. The summed E-state index contributed by atoms with van der Waals surface area (Å²) in [6.45, 7) is 6.04. The highest BCUT2D eigenvalue weighted by Crippen LogP contribution is 2.21. The standard InChI is InChI=1S/C12H21ClN2O/c1-10(13)12(16)15-8-4-11(5-9-15)14-6-2-3-7-14/h10-11H,2-9H2,1H3. The van der Waals surface area contributed by atoms with E-state index in [-0.39, 0.29) is 11.3 Å². The van der Waals surface area contributed by atoms with Crippen molar-refractivity contribution in [3.63, 3.8) is 0 Å². The molecule has 92 valence electrons. The predicted molar refractivity (Wildman–Crippen MR) is 65.7 cm³/mol. The van der Waals surface area contributed by atoms with Crippen molar-refractivity contribution in [2.45, 2.75) is 44.0 Å². The molecule has 16 heavy (non-hydrogen) atoms. The maximum absolute atomic E-state index is 11.7. The summed E-state index contributed by atoms with van der Waals surface area (Å²) in [6, 6.07) is 0.706. The minimum absolute atomic E-state index is 0.0986. The molecule has 2 saturated heterocycles. The number of alkyl halides is 1. The number of piperidine rings is 1. The SMILES string of the molecule is CC(Cl)C(=O)N1CCC(N2CCCC2)CC1. The molecule has 1 unspecified atom stereocenters. The van der Waals surface area contributed by atoms with Crippen LogP contribution in [0.3, 0.4) is 0 Å². The molecule has 0 radical (unpaired) electrons. The summed E-state index contributed by atoms with van der Waals surface area (Å²) in [6.07, 6.45) is 4.93. The molecule has 0 aromatic rings. The van der Waals surface area contributed by atoms with Crippen LogP contribution in [-0.2, 0) is 4.79 Å². The van der Waals surface area contributed by atoms with E-state index in [0.29, 0.717) is 6.04 Å². The Morgan fingerprint density at radius 3 is 2.25 bits per heavy atom. The van der Waals surface area contributed by atoms with Crippen LogP contribution < -0.4 is 0 Å². The number of hydrogen-bond acceptors (Lipinski definition) is 2. The molecule has 3 nitrogen and oxygen atoms in total. The summed E-state index contributed by atoms with van der Waals surface area (Å²) in [5.74, 6) is 0.0986. The Bertz CT molecular complexity index is 243. The second kappa shape index (κ2) is 5.37. The Morgan fingerprint density at radius 2 is 1.75 bits per heavy atom. The molecule has 1 atom stereocenters. The molecule has 1 amide bonds. The monoisotopic (exact) mass is 244 g/mol. The number of rotatable bonds is 2. The number of halogens is 1. The molecule has 4 heteroatoms. The summed E-state index contributed by atoms with van der Waals surface area (Å²) >= 11 is 5.82. The lowest BCUT2D eigenvalue weighted by Gasteiger charge is -2.37. The van der Waals surface area contributed by atoms with Gasteiger partial charge in [0, 0.05) is 19.1 Å². The zero-order valence-electron chi connectivity index (χ0n) is 9.99. The minimum Gasteiger partial charge on any atom is -0.341 e. The fraction of sp³-hybridized carbons (Fsp3) is 0.917. The number of carbonyl (C=O) groups excluding carboxylic acids is 1. The molecule has 0 aromatic carbocycles. The third-order valence-electron chi connectivity index (χ3n) is 3.77. The van der Waals surface area contributed by atoms with Gasteiger partial charge in [0.15, 0.2) is 0 Å². The first-order valence-electron chi connectivity index (χ1n) is 6.35. The lowest BCUT2D eigenvalue weighted by molar-refractivity contribution is -0.132. The van der Waals surface area contributed by atoms with Crippen molar-refractivity contribution in [2.24, 2.45) is 0 Å². The number of amides is 1. The largest absolute Gasteiger partial charge is 0.341 e. The van der Waals surface area contributed by atoms with Gasteiger partial charge in [0.05, 0.1) is 0 Å². The van der Waals surface area contributed by atoms with Crippen molar-refractivity contribution in [2.75, 3.05) is 26.2 Å². The van der Waals surface area contributed by atoms with Gasteiger partial charge >= 0.3 is 0 Å². The maximum Gasteiger partial charge on any atom is 0.240 e. The van der Waals surface area contributed by atoms with E-state index >= 15 is 0 Å². The molecule has 2 aliphatic heterocycles. The molecule has 0 bridgehead atoms. The zero-order valence-corrected chi connectivity index (χ0v) is 10.7. The number of hydrogen-bond donors (Lipinski definition) is 0. The third-order valence-corrected chi connectivity index (χ3v) is 3.96. The van der Waals surface area contributed by atoms with Crippen LogP contribution in [0.5, 0.6) is 0 Å². The van der Waals surface area contributed by atoms with Gasteiger partial charge in [-0.05, 0) is 45.7 Å². The van der Waals surface area contributed by atoms with Gasteiger partial charge in [0.2, 0.25) is 5.91 Å². The summed E-state index contributed by atoms with van der Waals surface area (Å²) in [5.41, 5.74) is 0. The predicted octanol–water partition coefficient (Wildman–Crippen LogP) is 1.70. The summed E-state index contributed by atoms with van der Waals surface area (Å²) in [4.78, 5) is 16.2. The van der Waals surface area contributed by atoms with E-state index < -0.39 is 0 Å². The molecule has 2 fully saturated rings. The molecule has 0 aromatic heterocycles. The summed E-state index contributed by atoms with van der Waals surface area (Å²) in [5, 5.41) is -0.372. The van der Waals surface area contributed by atoms with Gasteiger partial charge in [0.25, 0.3) is 0 Å². The molecule has 2 heterocycles. The molecular weight excluding hydrogens is 224 g/mol. The Hall–Kier alpha value is -0.280. The Labute approximate surface area is 103 Å². The average Bonchev–Trinajstić information content (AvgIpc) is 2.81. The van der Waals surface area contributed by atoms with Gasteiger partial charge < -0.3 is 9.80 Å². The van der Waals surface area contributed by atoms with E-state index in [9.17, 15) is 4.79 Å². The quantitative estimate of drug-likeness (QED) is 0.691. The van der Waals surface area contributed by atoms with E-state index in [1.54, 1.807) is 6.92 Å². The van der Waals surface area contributed by atoms with Crippen LogP contribution in [0.2, 0.25) is 0 Å². The highest BCUT2D eigenvalue weighted by molar-refractivity contribution is 6.30. The first kappa shape index (κ1) is 12.2. The van der Waals surface area contributed by atoms with E-state index in [1.807, 2.05) is 4.90 Å². The Morgan fingerprint density at radius 1 is 1.19 bits per heavy atom. The molecule has 0 saturated carbocycles. The van der Waals surface area contributed by atoms with E-state index in [0.717, 1.165) is 25.9 Å². The van der Waals surface area contributed by atoms with Gasteiger partial charge in [-0.1, -0.05) is 0 Å². The molecule has 0 N–H and O–H groups in total. The van der Waals surface area contributed by atoms with Gasteiger partial charge in [-0.2, -0.15) is 0 Å². The fourth-order valence-electron chi connectivity index (χ4n) is 2.81. The lowest BCUT2D eigenvalue weighted by atomic mass is 10.0. The molecule has 2 rings (SSSR count). The van der Waals surface area contributed by atoms with Crippen LogP contribution in [0, 0.1) is 0 Å². The first-order chi connectivity index (χ1) is 7.68. The number of carbonyl (C=O) groups is 1. The second-order valence-electron chi connectivity index (χ2n) is 4.92. The van der Waals surface area contributed by atoms with Crippen molar-refractivity contribution in [3.05, 3.63) is 0 Å². The summed E-state index contributed by atoms with van der Waals surface area (Å²) < 4.78 is 0. The maximum atomic E-state index is 11.7. The van der Waals surface area contributed by atoms with Gasteiger partial charge in [0.1, 0.15) is 5.38 Å². The number of nitrogens with zero attached hydrogens (tertiary/aromatic N) is 2. The Kier molecular flexibility index (Phi) is 4.09. The van der Waals surface area contributed by atoms with Crippen molar-refractivity contribution in [1.82, 2.24) is 9.80 Å². The zero-order chi connectivity index (χ0) is 11.5. The van der Waals surface area contributed by atoms with Crippen molar-refractivity contribution in [1.29, 1.82) is 0 Å². The lowest BCUT2D eigenvalue weighted by Crippen LogP contribution is -2.47. The van der Waals surface area contributed by atoms with Crippen LogP contribution in [-0.4, -0.2) is 53.3 Å². The van der Waals surface area contributed by atoms with Crippen LogP contribution in [0.1, 0.15) is 32.6 Å². The fourth-order valence-corrected chi connectivity index (χ4v) is 2.95. The van der Waals surface area contributed by atoms with E-state index in [1.165, 1.54) is 25.9 Å². The number of likely N-dealkylation sites (tertiary alicyclic amines) is 2. The summed E-state index contributed by atoms with van der Waals surface area (Å²) in [7, 11) is 0. The molecule has 2 aliphatic rings. The minimum atomic E-state index is -0.372. The average molecular weight is 245 g/mol. The normalized spacial score (nSPS) is 26.0. The first-order valence-corrected chi connectivity index (χ1v) is 6.79. The Balaban J connectivity index is 1.80. The highest BCUT2D eigenvalue weighted by atomic mass is 35.5. The van der Waals surface area contributed by atoms with Crippen LogP contribution in [0.25, 0.3) is 0 Å². The van der Waals surface area contributed by atoms with Crippen LogP contribution in [0.15, 0.2) is 0 Å². The van der Waals surface area contributed by atoms with Gasteiger partial charge in [-0.3, -0.25) is 4.79 Å². The van der Waals surface area contributed by atoms with E-state index in [4.69, 9.17) is 11.6 Å². The van der Waals surface area contributed by atoms with Crippen molar-refractivity contribution in [3.8, 4) is 0 Å². The highest BCUT2D eigenvalue weighted by Gasteiger charge is 2.29. The van der Waals surface area contributed by atoms with Gasteiger partial charge in [-0.15, -0.1) is 11.6 Å². The topological polar surface area (TPSA) is 23.6 Å². The van der Waals surface area contributed by atoms with E-state index in [2.05, 4.69) is 4.90 Å². The van der Waals surface area contributed by atoms with Crippen molar-refractivity contribution >= 4 is 17.5 Å². The molecular formula is C12H21ClN2O. The molecule has 0 spiro atoms.